The standard InChI is InChI=1S/C24H23N7OS.2C2HF3O2/c32-23(26-10-6-12-30-14-11-25-17-30)21-19-9-4-5-13-31(19)22(29-21)20-16-28-24(33-20)27-15-18-7-2-1-3-8-18;2*3-2(4,5)1(6)7/h1-5,7-9,11,13-14,16-17H,6,10,12,15H2,(H,26,32)(H,27,28);2*(H,6,7). The van der Waals surface area contributed by atoms with Gasteiger partial charge in [0, 0.05) is 38.2 Å². The molecule has 0 unspecified atom stereocenters. The lowest BCUT2D eigenvalue weighted by Crippen LogP contribution is -2.25. The topological polar surface area (TPSA) is 164 Å². The van der Waals surface area contributed by atoms with Gasteiger partial charge in [0.2, 0.25) is 0 Å². The summed E-state index contributed by atoms with van der Waals surface area (Å²) >= 11 is 1.52. The molecule has 0 saturated heterocycles. The number of hydrogen-bond acceptors (Lipinski definition) is 8. The molecule has 1 amide bonds. The second kappa shape index (κ2) is 16.2. The van der Waals surface area contributed by atoms with Crippen molar-refractivity contribution in [3.05, 3.63) is 90.9 Å². The van der Waals surface area contributed by atoms with Crippen LogP contribution < -0.4 is 10.6 Å². The van der Waals surface area contributed by atoms with E-state index in [2.05, 4.69) is 32.7 Å². The first-order valence-corrected chi connectivity index (χ1v) is 14.0. The molecule has 0 bridgehead atoms. The summed E-state index contributed by atoms with van der Waals surface area (Å²) in [5.41, 5.74) is 2.37. The molecule has 4 aromatic heterocycles. The molecule has 12 nitrogen and oxygen atoms in total. The van der Waals surface area contributed by atoms with Crippen molar-refractivity contribution in [2.75, 3.05) is 11.9 Å². The van der Waals surface area contributed by atoms with Crippen molar-refractivity contribution >= 4 is 39.8 Å². The van der Waals surface area contributed by atoms with Gasteiger partial charge in [-0.05, 0) is 24.1 Å². The van der Waals surface area contributed by atoms with Crippen molar-refractivity contribution in [2.24, 2.45) is 0 Å². The predicted molar refractivity (Wildman–Crippen MR) is 157 cm³/mol. The van der Waals surface area contributed by atoms with E-state index in [0.717, 1.165) is 28.5 Å². The van der Waals surface area contributed by atoms with E-state index in [4.69, 9.17) is 24.8 Å². The fourth-order valence-electron chi connectivity index (χ4n) is 3.58. The van der Waals surface area contributed by atoms with E-state index in [-0.39, 0.29) is 5.91 Å². The average molecular weight is 686 g/mol. The molecule has 0 spiro atoms. The van der Waals surface area contributed by atoms with Gasteiger partial charge < -0.3 is 25.4 Å². The monoisotopic (exact) mass is 685 g/mol. The van der Waals surface area contributed by atoms with Gasteiger partial charge in [-0.3, -0.25) is 9.20 Å². The number of imidazole rings is 2. The van der Waals surface area contributed by atoms with Crippen LogP contribution in [-0.2, 0) is 22.7 Å². The van der Waals surface area contributed by atoms with E-state index in [1.165, 1.54) is 16.9 Å². The lowest BCUT2D eigenvalue weighted by atomic mass is 10.2. The number of anilines is 1. The highest BCUT2D eigenvalue weighted by Gasteiger charge is 2.38. The van der Waals surface area contributed by atoms with Crippen LogP contribution in [0.2, 0.25) is 0 Å². The van der Waals surface area contributed by atoms with Gasteiger partial charge in [-0.15, -0.1) is 0 Å². The number of carboxylic acids is 2. The summed E-state index contributed by atoms with van der Waals surface area (Å²) in [6, 6.07) is 15.9. The van der Waals surface area contributed by atoms with Crippen LogP contribution in [0.15, 0.2) is 79.6 Å². The minimum Gasteiger partial charge on any atom is -0.475 e. The van der Waals surface area contributed by atoms with Crippen LogP contribution in [0, 0.1) is 0 Å². The van der Waals surface area contributed by atoms with Gasteiger partial charge in [-0.1, -0.05) is 47.7 Å². The Bertz CT molecular complexity index is 1730. The fourth-order valence-corrected chi connectivity index (χ4v) is 4.38. The Labute approximate surface area is 265 Å². The number of fused-ring (bicyclic) bond motifs is 1. The molecule has 19 heteroatoms. The van der Waals surface area contributed by atoms with Crippen molar-refractivity contribution in [2.45, 2.75) is 31.9 Å². The Kier molecular flexibility index (Phi) is 12.4. The van der Waals surface area contributed by atoms with Gasteiger partial charge in [0.05, 0.1) is 22.9 Å². The number of halogens is 6. The molecule has 0 fully saturated rings. The number of hydrogen-bond donors (Lipinski definition) is 4. The first-order chi connectivity index (χ1) is 22.2. The van der Waals surface area contributed by atoms with Gasteiger partial charge in [-0.2, -0.15) is 26.3 Å². The number of aryl methyl sites for hydroxylation is 1. The molecule has 250 valence electrons. The normalized spacial score (nSPS) is 11.1. The highest BCUT2D eigenvalue weighted by Crippen LogP contribution is 2.30. The van der Waals surface area contributed by atoms with Crippen LogP contribution in [0.5, 0.6) is 0 Å². The number of benzene rings is 1. The SMILES string of the molecule is O=C(NCCCn1ccnc1)c1nc(-c2cnc(NCc3ccccc3)s2)n2ccccc12.O=C(O)C(F)(F)F.O=C(O)C(F)(F)F. The van der Waals surface area contributed by atoms with Crippen molar-refractivity contribution < 1.29 is 50.9 Å². The number of pyridine rings is 1. The molecule has 5 aromatic rings. The zero-order valence-corrected chi connectivity index (χ0v) is 24.7. The lowest BCUT2D eigenvalue weighted by molar-refractivity contribution is -0.193. The number of aromatic nitrogens is 5. The van der Waals surface area contributed by atoms with Crippen molar-refractivity contribution in [1.29, 1.82) is 0 Å². The molecular formula is C28H25F6N7O5S. The van der Waals surface area contributed by atoms with Gasteiger partial charge in [0.15, 0.2) is 16.6 Å². The van der Waals surface area contributed by atoms with Gasteiger partial charge in [0.25, 0.3) is 5.91 Å². The van der Waals surface area contributed by atoms with Gasteiger partial charge in [-0.25, -0.2) is 24.5 Å². The summed E-state index contributed by atoms with van der Waals surface area (Å²) in [6.45, 7) is 2.06. The first-order valence-electron chi connectivity index (χ1n) is 13.2. The summed E-state index contributed by atoms with van der Waals surface area (Å²) < 4.78 is 67.4. The second-order valence-electron chi connectivity index (χ2n) is 9.12. The Morgan fingerprint density at radius 2 is 1.53 bits per heavy atom. The summed E-state index contributed by atoms with van der Waals surface area (Å²) in [5.74, 6) is -4.98. The van der Waals surface area contributed by atoms with Crippen molar-refractivity contribution in [1.82, 2.24) is 29.2 Å². The number of alkyl halides is 6. The van der Waals surface area contributed by atoms with Crippen LogP contribution in [0.25, 0.3) is 16.2 Å². The van der Waals surface area contributed by atoms with E-state index in [1.807, 2.05) is 57.8 Å². The third-order valence-corrected chi connectivity index (χ3v) is 6.65. The van der Waals surface area contributed by atoms with E-state index >= 15 is 0 Å². The minimum atomic E-state index is -5.08. The van der Waals surface area contributed by atoms with Crippen LogP contribution in [0.3, 0.4) is 0 Å². The molecule has 1 aromatic carbocycles. The van der Waals surface area contributed by atoms with Crippen LogP contribution in [0.4, 0.5) is 31.5 Å². The smallest absolute Gasteiger partial charge is 0.475 e. The molecular weight excluding hydrogens is 660 g/mol. The molecule has 0 atom stereocenters. The molecule has 0 saturated carbocycles. The maximum Gasteiger partial charge on any atom is 0.490 e. The summed E-state index contributed by atoms with van der Waals surface area (Å²) in [6.07, 6.45) is -0.202. The molecule has 5 rings (SSSR count). The third-order valence-electron chi connectivity index (χ3n) is 5.70. The molecule has 0 aliphatic heterocycles. The Hall–Kier alpha value is -5.46. The summed E-state index contributed by atoms with van der Waals surface area (Å²) in [4.78, 5) is 44.8. The second-order valence-corrected chi connectivity index (χ2v) is 10.2. The quantitative estimate of drug-likeness (QED) is 0.118. The molecule has 4 heterocycles. The Morgan fingerprint density at radius 3 is 2.13 bits per heavy atom. The fraction of sp³-hybridized carbons (Fsp3) is 0.214. The molecule has 4 N–H and O–H groups in total. The van der Waals surface area contributed by atoms with Crippen LogP contribution in [-0.4, -0.2) is 70.9 Å². The number of amides is 1. The van der Waals surface area contributed by atoms with Gasteiger partial charge >= 0.3 is 24.3 Å². The zero-order chi connectivity index (χ0) is 34.6. The lowest BCUT2D eigenvalue weighted by Gasteiger charge is -2.04. The van der Waals surface area contributed by atoms with Crippen molar-refractivity contribution in [3.8, 4) is 10.7 Å². The molecule has 0 radical (unpaired) electrons. The minimum absolute atomic E-state index is 0.178. The number of thiazole rings is 1. The Balaban J connectivity index is 0.000000360. The number of nitrogens with one attached hydrogen (secondary N) is 2. The van der Waals surface area contributed by atoms with Crippen LogP contribution in [0.1, 0.15) is 22.5 Å². The Morgan fingerprint density at radius 1 is 0.894 bits per heavy atom. The number of carbonyl (C=O) groups is 3. The third kappa shape index (κ3) is 11.1. The number of aliphatic carboxylic acids is 2. The highest BCUT2D eigenvalue weighted by molar-refractivity contribution is 7.18. The number of carboxylic acid groups (broad SMARTS) is 2. The number of nitrogens with zero attached hydrogens (tertiary/aromatic N) is 5. The van der Waals surface area contributed by atoms with Crippen LogP contribution >= 0.6 is 11.3 Å². The summed E-state index contributed by atoms with van der Waals surface area (Å²) in [7, 11) is 0. The number of rotatable bonds is 9. The van der Waals surface area contributed by atoms with E-state index in [0.29, 0.717) is 24.6 Å². The largest absolute Gasteiger partial charge is 0.490 e. The maximum absolute atomic E-state index is 12.9. The highest BCUT2D eigenvalue weighted by atomic mass is 32.1. The van der Waals surface area contributed by atoms with Crippen molar-refractivity contribution in [3.63, 3.8) is 0 Å². The zero-order valence-electron chi connectivity index (χ0n) is 23.9. The predicted octanol–water partition coefficient (Wildman–Crippen LogP) is 5.35. The van der Waals surface area contributed by atoms with Gasteiger partial charge in [0.1, 0.15) is 0 Å². The van der Waals surface area contributed by atoms with E-state index < -0.39 is 24.3 Å². The summed E-state index contributed by atoms with van der Waals surface area (Å²) in [5, 5.41) is 21.4. The average Bonchev–Trinajstić information content (AvgIpc) is 3.79. The first kappa shape index (κ1) is 36.0. The molecule has 47 heavy (non-hydrogen) atoms. The molecule has 0 aliphatic rings. The molecule has 0 aliphatic carbocycles. The number of carbonyl (C=O) groups excluding carboxylic acids is 1. The van der Waals surface area contributed by atoms with E-state index in [1.54, 1.807) is 18.7 Å². The maximum atomic E-state index is 12.9. The van der Waals surface area contributed by atoms with E-state index in [9.17, 15) is 31.1 Å².